The average Bonchev–Trinajstić information content (AvgIpc) is 2.60. The maximum absolute atomic E-state index is 11.5. The molecule has 1 atom stereocenters. The zero-order chi connectivity index (χ0) is 19.7. The molecule has 0 aromatic carbocycles. The van der Waals surface area contributed by atoms with Gasteiger partial charge in [-0.1, -0.05) is 27.0 Å². The Hall–Kier alpha value is -1.74. The maximum Gasteiger partial charge on any atom is 0.330 e. The van der Waals surface area contributed by atoms with E-state index in [9.17, 15) is 30.0 Å². The van der Waals surface area contributed by atoms with E-state index in [0.29, 0.717) is 0 Å². The van der Waals surface area contributed by atoms with Crippen molar-refractivity contribution in [1.29, 1.82) is 0 Å². The summed E-state index contributed by atoms with van der Waals surface area (Å²) in [5.41, 5.74) is -2.39. The number of hydrogen-bond acceptors (Lipinski definition) is 8. The summed E-state index contributed by atoms with van der Waals surface area (Å²) in [4.78, 5) is 22.7. The molecular weight excluding hydrogens is 332 g/mol. The molecule has 0 heterocycles. The second-order valence-corrected chi connectivity index (χ2v) is 6.49. The third-order valence-electron chi connectivity index (χ3n) is 4.22. The van der Waals surface area contributed by atoms with Crippen molar-refractivity contribution in [2.45, 2.75) is 39.1 Å². The van der Waals surface area contributed by atoms with E-state index >= 15 is 0 Å². The Balaban J connectivity index is 5.23. The molecule has 8 heteroatoms. The molecule has 0 aliphatic carbocycles. The third kappa shape index (κ3) is 6.95. The first-order valence-electron chi connectivity index (χ1n) is 7.78. The molecule has 0 saturated carbocycles. The normalized spacial score (nSPS) is 13.2. The minimum atomic E-state index is -1.77. The molecule has 0 rings (SSSR count). The molecule has 8 nitrogen and oxygen atoms in total. The van der Waals surface area contributed by atoms with Gasteiger partial charge >= 0.3 is 11.9 Å². The van der Waals surface area contributed by atoms with E-state index in [4.69, 9.17) is 9.47 Å². The van der Waals surface area contributed by atoms with E-state index in [-0.39, 0.29) is 19.4 Å². The Kier molecular flexibility index (Phi) is 9.58. The Labute approximate surface area is 147 Å². The maximum atomic E-state index is 11.5. The van der Waals surface area contributed by atoms with Crippen LogP contribution in [0.5, 0.6) is 0 Å². The zero-order valence-corrected chi connectivity index (χ0v) is 14.7. The van der Waals surface area contributed by atoms with Crippen LogP contribution in [0.25, 0.3) is 0 Å². The molecule has 0 spiro atoms. The number of carbonyl (C=O) groups is 2. The van der Waals surface area contributed by atoms with Crippen molar-refractivity contribution in [3.63, 3.8) is 0 Å². The van der Waals surface area contributed by atoms with Gasteiger partial charge < -0.3 is 29.9 Å². The molecule has 0 aliphatic heterocycles. The molecule has 0 fully saturated rings. The molecule has 25 heavy (non-hydrogen) atoms. The van der Waals surface area contributed by atoms with Crippen LogP contribution in [0.15, 0.2) is 25.3 Å². The highest BCUT2D eigenvalue weighted by molar-refractivity contribution is 5.81. The van der Waals surface area contributed by atoms with Crippen LogP contribution < -0.4 is 0 Å². The van der Waals surface area contributed by atoms with E-state index in [1.165, 1.54) is 13.8 Å². The molecule has 0 radical (unpaired) electrons. The van der Waals surface area contributed by atoms with E-state index in [0.717, 1.165) is 12.2 Å². The second kappa shape index (κ2) is 10.3. The van der Waals surface area contributed by atoms with Crippen LogP contribution in [-0.2, 0) is 19.1 Å². The van der Waals surface area contributed by atoms with E-state index in [1.54, 1.807) is 0 Å². The lowest BCUT2D eigenvalue weighted by Gasteiger charge is -2.37. The number of aliphatic hydroxyl groups excluding tert-OH is 3. The van der Waals surface area contributed by atoms with Crippen LogP contribution in [0.2, 0.25) is 0 Å². The minimum absolute atomic E-state index is 0.0803. The van der Waals surface area contributed by atoms with Gasteiger partial charge in [0.25, 0.3) is 0 Å². The monoisotopic (exact) mass is 360 g/mol. The van der Waals surface area contributed by atoms with Gasteiger partial charge in [0.15, 0.2) is 6.29 Å². The Bertz CT molecular complexity index is 465. The quantitative estimate of drug-likeness (QED) is 0.215. The average molecular weight is 360 g/mol. The lowest BCUT2D eigenvalue weighted by molar-refractivity contribution is -0.185. The fourth-order valence-corrected chi connectivity index (χ4v) is 2.03. The van der Waals surface area contributed by atoms with Gasteiger partial charge in [-0.25, -0.2) is 9.59 Å². The van der Waals surface area contributed by atoms with Gasteiger partial charge in [-0.05, 0) is 12.8 Å². The predicted octanol–water partition coefficient (Wildman–Crippen LogP) is -0.0985. The van der Waals surface area contributed by atoms with Crippen LogP contribution >= 0.6 is 0 Å². The Morgan fingerprint density at radius 3 is 2.00 bits per heavy atom. The molecule has 4 N–H and O–H groups in total. The number of ether oxygens (including phenoxy) is 2. The minimum Gasteiger partial charge on any atom is -0.462 e. The van der Waals surface area contributed by atoms with Crippen LogP contribution in [-0.4, -0.2) is 64.6 Å². The Morgan fingerprint density at radius 1 is 1.08 bits per heavy atom. The summed E-state index contributed by atoms with van der Waals surface area (Å²) in [5.74, 6) is -1.44. The number of carbonyl (C=O) groups excluding carboxylic acids is 2. The van der Waals surface area contributed by atoms with Crippen LogP contribution in [0, 0.1) is 10.8 Å². The third-order valence-corrected chi connectivity index (χ3v) is 4.22. The zero-order valence-electron chi connectivity index (χ0n) is 14.7. The van der Waals surface area contributed by atoms with Crippen LogP contribution in [0.1, 0.15) is 26.7 Å². The summed E-state index contributed by atoms with van der Waals surface area (Å²) < 4.78 is 10.1. The fraction of sp³-hybridized carbons (Fsp3) is 0.647. The van der Waals surface area contributed by atoms with Crippen molar-refractivity contribution in [2.24, 2.45) is 10.8 Å². The fourth-order valence-electron chi connectivity index (χ4n) is 2.03. The molecule has 144 valence electrons. The second-order valence-electron chi connectivity index (χ2n) is 6.49. The molecule has 0 aromatic heterocycles. The van der Waals surface area contributed by atoms with E-state index in [2.05, 4.69) is 13.2 Å². The summed E-state index contributed by atoms with van der Waals surface area (Å²) >= 11 is 0. The summed E-state index contributed by atoms with van der Waals surface area (Å²) in [6.45, 7) is 8.30. The molecule has 0 aromatic rings. The van der Waals surface area contributed by atoms with Crippen molar-refractivity contribution >= 4 is 11.9 Å². The van der Waals surface area contributed by atoms with Gasteiger partial charge in [0.2, 0.25) is 0 Å². The van der Waals surface area contributed by atoms with Gasteiger partial charge in [0.05, 0.1) is 24.0 Å². The molecular formula is C17H28O8. The molecule has 0 saturated heterocycles. The van der Waals surface area contributed by atoms with Gasteiger partial charge in [-0.15, -0.1) is 0 Å². The van der Waals surface area contributed by atoms with Gasteiger partial charge in [0, 0.05) is 12.2 Å². The number of esters is 2. The van der Waals surface area contributed by atoms with Gasteiger partial charge in [-0.2, -0.15) is 0 Å². The SMILES string of the molecule is C=CC(=O)OCC(CO)(CO)CCC(OC(=O)C=C)C(C)(C)C(O)O. The molecule has 0 aliphatic rings. The van der Waals surface area contributed by atoms with Gasteiger partial charge in [-0.3, -0.25) is 0 Å². The number of hydrogen-bond donors (Lipinski definition) is 4. The molecule has 0 bridgehead atoms. The predicted molar refractivity (Wildman–Crippen MR) is 89.1 cm³/mol. The van der Waals surface area contributed by atoms with Crippen molar-refractivity contribution in [3.05, 3.63) is 25.3 Å². The van der Waals surface area contributed by atoms with Crippen LogP contribution in [0.3, 0.4) is 0 Å². The molecule has 0 amide bonds. The van der Waals surface area contributed by atoms with E-state index in [1.807, 2.05) is 0 Å². The van der Waals surface area contributed by atoms with Crippen molar-refractivity contribution in [3.8, 4) is 0 Å². The summed E-state index contributed by atoms with van der Waals surface area (Å²) in [7, 11) is 0. The van der Waals surface area contributed by atoms with Crippen molar-refractivity contribution < 1.29 is 39.5 Å². The molecule has 1 unspecified atom stereocenters. The Morgan fingerprint density at radius 2 is 1.60 bits per heavy atom. The topological polar surface area (TPSA) is 134 Å². The van der Waals surface area contributed by atoms with Crippen molar-refractivity contribution in [1.82, 2.24) is 0 Å². The lowest BCUT2D eigenvalue weighted by Crippen LogP contribution is -2.45. The smallest absolute Gasteiger partial charge is 0.330 e. The standard InChI is InChI=1S/C17H28O8/c1-5-13(20)24-11-17(9-18,10-19)8-7-12(25-14(21)6-2)16(3,4)15(22)23/h5-6,12,15,18-19,22-23H,1-2,7-11H2,3-4H3. The first-order chi connectivity index (χ1) is 11.6. The summed E-state index contributed by atoms with van der Waals surface area (Å²) in [6.07, 6.45) is -0.632. The highest BCUT2D eigenvalue weighted by atomic mass is 16.6. The van der Waals surface area contributed by atoms with Crippen molar-refractivity contribution in [2.75, 3.05) is 19.8 Å². The largest absolute Gasteiger partial charge is 0.462 e. The lowest BCUT2D eigenvalue weighted by atomic mass is 9.78. The highest BCUT2D eigenvalue weighted by Crippen LogP contribution is 2.34. The first kappa shape index (κ1) is 23.3. The van der Waals surface area contributed by atoms with Gasteiger partial charge in [0.1, 0.15) is 12.7 Å². The summed E-state index contributed by atoms with van der Waals surface area (Å²) in [5, 5.41) is 38.3. The number of rotatable bonds is 12. The number of aliphatic hydroxyl groups is 4. The van der Waals surface area contributed by atoms with Crippen LogP contribution in [0.4, 0.5) is 0 Å². The summed E-state index contributed by atoms with van der Waals surface area (Å²) in [6, 6.07) is 0. The van der Waals surface area contributed by atoms with E-state index < -0.39 is 48.4 Å². The first-order valence-corrected chi connectivity index (χ1v) is 7.78. The highest BCUT2D eigenvalue weighted by Gasteiger charge is 2.40.